The highest BCUT2D eigenvalue weighted by Gasteiger charge is 2.22. The third-order valence-corrected chi connectivity index (χ3v) is 6.61. The fourth-order valence-corrected chi connectivity index (χ4v) is 4.63. The molecule has 1 fully saturated rings. The summed E-state index contributed by atoms with van der Waals surface area (Å²) in [4.78, 5) is 0. The Balaban J connectivity index is 1.42. The van der Waals surface area contributed by atoms with Crippen LogP contribution in [0.3, 0.4) is 0 Å². The number of allylic oxidation sites excluding steroid dienone is 1. The number of hydrogen-bond acceptors (Lipinski definition) is 2. The fraction of sp³-hybridized carbons (Fsp3) is 0.333. The van der Waals surface area contributed by atoms with Gasteiger partial charge in [0.25, 0.3) is 0 Å². The van der Waals surface area contributed by atoms with Crippen LogP contribution in [0, 0.1) is 29.2 Å². The normalized spacial score (nSPS) is 18.1. The van der Waals surface area contributed by atoms with Gasteiger partial charge in [-0.05, 0) is 68.4 Å². The van der Waals surface area contributed by atoms with E-state index in [9.17, 15) is 17.6 Å². The van der Waals surface area contributed by atoms with Gasteiger partial charge >= 0.3 is 0 Å². The highest BCUT2D eigenvalue weighted by atomic mass is 19.2. The van der Waals surface area contributed by atoms with Crippen molar-refractivity contribution < 1.29 is 27.0 Å². The van der Waals surface area contributed by atoms with Gasteiger partial charge in [-0.15, -0.1) is 0 Å². The molecule has 0 saturated carbocycles. The minimum atomic E-state index is -1.27. The quantitative estimate of drug-likeness (QED) is 0.231. The summed E-state index contributed by atoms with van der Waals surface area (Å²) < 4.78 is 69.5. The first kappa shape index (κ1) is 26.0. The highest BCUT2D eigenvalue weighted by Crippen LogP contribution is 2.34. The van der Waals surface area contributed by atoms with E-state index in [0.717, 1.165) is 24.0 Å². The number of ether oxygens (including phenoxy) is 2. The predicted molar refractivity (Wildman–Crippen MR) is 133 cm³/mol. The number of hydrogen-bond donors (Lipinski definition) is 0. The van der Waals surface area contributed by atoms with E-state index in [2.05, 4.69) is 12.2 Å². The summed E-state index contributed by atoms with van der Waals surface area (Å²) in [7, 11) is 0. The third kappa shape index (κ3) is 5.65. The molecule has 0 bridgehead atoms. The minimum Gasteiger partial charge on any atom is -0.491 e. The van der Waals surface area contributed by atoms with Crippen LogP contribution < -0.4 is 4.74 Å². The van der Waals surface area contributed by atoms with Crippen molar-refractivity contribution in [2.24, 2.45) is 5.92 Å². The molecule has 1 aliphatic heterocycles. The van der Waals surface area contributed by atoms with E-state index in [-0.39, 0.29) is 41.6 Å². The first-order valence-corrected chi connectivity index (χ1v) is 12.3. The molecule has 2 atom stereocenters. The molecule has 2 unspecified atom stereocenters. The van der Waals surface area contributed by atoms with E-state index in [1.54, 1.807) is 6.92 Å². The molecular formula is C30H30F4O2. The fourth-order valence-electron chi connectivity index (χ4n) is 4.63. The molecule has 190 valence electrons. The molecular weight excluding hydrogens is 468 g/mol. The molecule has 0 radical (unpaired) electrons. The summed E-state index contributed by atoms with van der Waals surface area (Å²) in [6.45, 7) is 4.52. The molecule has 1 saturated heterocycles. The molecule has 3 aromatic rings. The Labute approximate surface area is 209 Å². The van der Waals surface area contributed by atoms with Crippen LogP contribution in [0.2, 0.25) is 0 Å². The van der Waals surface area contributed by atoms with Crippen molar-refractivity contribution in [3.8, 4) is 16.9 Å². The van der Waals surface area contributed by atoms with E-state index in [4.69, 9.17) is 9.47 Å². The zero-order valence-corrected chi connectivity index (χ0v) is 20.5. The molecule has 1 aliphatic rings. The largest absolute Gasteiger partial charge is 0.491 e. The molecule has 4 rings (SSSR count). The standard InChI is InChI=1S/C30H30F4O2/c1-3-5-20-9-16-25(36-18-20)21-10-6-19(7-11-21)8-12-22-13-14-23(28(32)27(22)31)24-15-17-26(35-4-2)30(34)29(24)33/h3,5-7,10-11,13-15,17,20,25H,4,8-9,12,16,18H2,1-2H3. The Morgan fingerprint density at radius 2 is 1.53 bits per heavy atom. The van der Waals surface area contributed by atoms with E-state index in [0.29, 0.717) is 18.9 Å². The maximum atomic E-state index is 14.9. The van der Waals surface area contributed by atoms with Crippen molar-refractivity contribution >= 4 is 0 Å². The average molecular weight is 499 g/mol. The summed E-state index contributed by atoms with van der Waals surface area (Å²) >= 11 is 0. The number of rotatable bonds is 8. The lowest BCUT2D eigenvalue weighted by molar-refractivity contribution is -0.00525. The van der Waals surface area contributed by atoms with Crippen molar-refractivity contribution in [3.05, 3.63) is 101 Å². The van der Waals surface area contributed by atoms with Gasteiger partial charge in [-0.2, -0.15) is 4.39 Å². The third-order valence-electron chi connectivity index (χ3n) is 6.61. The van der Waals surface area contributed by atoms with Crippen molar-refractivity contribution in [1.82, 2.24) is 0 Å². The SMILES string of the molecule is CC=CC1CCC(c2ccc(CCc3ccc(-c4ccc(OCC)c(F)c4F)c(F)c3F)cc2)OC1. The molecule has 36 heavy (non-hydrogen) atoms. The lowest BCUT2D eigenvalue weighted by Crippen LogP contribution is -2.19. The zero-order chi connectivity index (χ0) is 25.7. The van der Waals surface area contributed by atoms with Crippen LogP contribution in [0.4, 0.5) is 17.6 Å². The van der Waals surface area contributed by atoms with Crippen LogP contribution in [-0.2, 0) is 17.6 Å². The van der Waals surface area contributed by atoms with Crippen molar-refractivity contribution in [1.29, 1.82) is 0 Å². The van der Waals surface area contributed by atoms with Crippen molar-refractivity contribution in [2.45, 2.75) is 45.6 Å². The lowest BCUT2D eigenvalue weighted by atomic mass is 9.93. The Hall–Kier alpha value is -3.12. The van der Waals surface area contributed by atoms with Gasteiger partial charge in [0.05, 0.1) is 19.3 Å². The maximum Gasteiger partial charge on any atom is 0.201 e. The molecule has 0 aromatic heterocycles. The Bertz CT molecular complexity index is 1210. The zero-order valence-electron chi connectivity index (χ0n) is 20.5. The van der Waals surface area contributed by atoms with Gasteiger partial charge in [0.2, 0.25) is 5.82 Å². The lowest BCUT2D eigenvalue weighted by Gasteiger charge is -2.27. The first-order valence-electron chi connectivity index (χ1n) is 12.3. The van der Waals surface area contributed by atoms with Crippen LogP contribution in [0.5, 0.6) is 5.75 Å². The van der Waals surface area contributed by atoms with Gasteiger partial charge in [-0.25, -0.2) is 13.2 Å². The maximum absolute atomic E-state index is 14.9. The van der Waals surface area contributed by atoms with Crippen LogP contribution in [-0.4, -0.2) is 13.2 Å². The minimum absolute atomic E-state index is 0.0764. The van der Waals surface area contributed by atoms with Crippen LogP contribution in [0.1, 0.15) is 49.5 Å². The van der Waals surface area contributed by atoms with Crippen LogP contribution in [0.25, 0.3) is 11.1 Å². The van der Waals surface area contributed by atoms with Crippen LogP contribution in [0.15, 0.2) is 60.7 Å². The summed E-state index contributed by atoms with van der Waals surface area (Å²) in [6, 6.07) is 13.1. The average Bonchev–Trinajstić information content (AvgIpc) is 2.89. The van der Waals surface area contributed by atoms with E-state index in [1.807, 2.05) is 31.2 Å². The first-order chi connectivity index (χ1) is 17.4. The van der Waals surface area contributed by atoms with Gasteiger partial charge in [0, 0.05) is 17.0 Å². The van der Waals surface area contributed by atoms with Crippen molar-refractivity contribution in [2.75, 3.05) is 13.2 Å². The summed E-state index contributed by atoms with van der Waals surface area (Å²) in [5, 5.41) is 0. The highest BCUT2D eigenvalue weighted by molar-refractivity contribution is 5.66. The Kier molecular flexibility index (Phi) is 8.47. The van der Waals surface area contributed by atoms with Crippen LogP contribution >= 0.6 is 0 Å². The Morgan fingerprint density at radius 1 is 0.833 bits per heavy atom. The second-order valence-electron chi connectivity index (χ2n) is 9.00. The second-order valence-corrected chi connectivity index (χ2v) is 9.00. The van der Waals surface area contributed by atoms with Gasteiger partial charge in [0.15, 0.2) is 23.2 Å². The smallest absolute Gasteiger partial charge is 0.201 e. The topological polar surface area (TPSA) is 18.5 Å². The molecule has 6 heteroatoms. The van der Waals surface area contributed by atoms with Crippen molar-refractivity contribution in [3.63, 3.8) is 0 Å². The van der Waals surface area contributed by atoms with Gasteiger partial charge in [-0.1, -0.05) is 48.6 Å². The van der Waals surface area contributed by atoms with E-state index >= 15 is 0 Å². The predicted octanol–water partition coefficient (Wildman–Crippen LogP) is 8.14. The second kappa shape index (κ2) is 11.7. The number of halogens is 4. The monoisotopic (exact) mass is 498 g/mol. The Morgan fingerprint density at radius 3 is 2.17 bits per heavy atom. The molecule has 1 heterocycles. The molecule has 0 aliphatic carbocycles. The molecule has 0 amide bonds. The molecule has 3 aromatic carbocycles. The van der Waals surface area contributed by atoms with Gasteiger partial charge in [0.1, 0.15) is 0 Å². The summed E-state index contributed by atoms with van der Waals surface area (Å²) in [5.41, 5.74) is 1.60. The number of benzene rings is 3. The van der Waals surface area contributed by atoms with Gasteiger partial charge in [-0.3, -0.25) is 0 Å². The molecule has 2 nitrogen and oxygen atoms in total. The molecule has 0 spiro atoms. The summed E-state index contributed by atoms with van der Waals surface area (Å²) in [6.07, 6.45) is 7.15. The van der Waals surface area contributed by atoms with E-state index < -0.39 is 23.3 Å². The summed E-state index contributed by atoms with van der Waals surface area (Å²) in [5.74, 6) is -4.54. The van der Waals surface area contributed by atoms with Gasteiger partial charge < -0.3 is 9.47 Å². The van der Waals surface area contributed by atoms with E-state index in [1.165, 1.54) is 24.3 Å². The molecule has 0 N–H and O–H groups in total. The number of aryl methyl sites for hydroxylation is 2.